The van der Waals surface area contributed by atoms with Gasteiger partial charge in [0.1, 0.15) is 0 Å². The third kappa shape index (κ3) is 3.83. The number of anilines is 1. The summed E-state index contributed by atoms with van der Waals surface area (Å²) in [4.78, 5) is 3.81. The third-order valence-electron chi connectivity index (χ3n) is 2.84. The lowest BCUT2D eigenvalue weighted by Gasteiger charge is -2.19. The summed E-state index contributed by atoms with van der Waals surface area (Å²) in [6, 6.07) is 12.4. The molecular weight excluding hydrogens is 308 g/mol. The molecule has 0 amide bonds. The molecule has 0 saturated carbocycles. The molecule has 0 radical (unpaired) electrons. The van der Waals surface area contributed by atoms with E-state index in [2.05, 4.69) is 52.0 Å². The number of nitrogens with zero attached hydrogens (tertiary/aromatic N) is 1. The first kappa shape index (κ1) is 13.6. The van der Waals surface area contributed by atoms with Crippen molar-refractivity contribution in [1.29, 1.82) is 0 Å². The van der Waals surface area contributed by atoms with Gasteiger partial charge in [0.05, 0.1) is 3.79 Å². The number of rotatable bonds is 5. The van der Waals surface area contributed by atoms with E-state index < -0.39 is 0 Å². The second kappa shape index (κ2) is 6.36. The normalized spacial score (nSPS) is 11.1. The zero-order chi connectivity index (χ0) is 13.0. The lowest BCUT2D eigenvalue weighted by Crippen LogP contribution is -2.21. The summed E-state index contributed by atoms with van der Waals surface area (Å²) in [5.74, 6) is 0. The molecule has 0 spiro atoms. The summed E-state index contributed by atoms with van der Waals surface area (Å²) in [6.45, 7) is 5.20. The van der Waals surface area contributed by atoms with Gasteiger partial charge in [0.2, 0.25) is 0 Å². The minimum Gasteiger partial charge on any atom is -0.399 e. The van der Waals surface area contributed by atoms with Crippen molar-refractivity contribution in [1.82, 2.24) is 4.90 Å². The SMILES string of the molecule is CCN(Cc1ccc(N)cc1)Cc1ccc(Br)s1. The van der Waals surface area contributed by atoms with Crippen LogP contribution in [0.5, 0.6) is 0 Å². The minimum atomic E-state index is 0.823. The molecule has 0 unspecified atom stereocenters. The van der Waals surface area contributed by atoms with Crippen molar-refractivity contribution in [2.24, 2.45) is 0 Å². The molecule has 0 atom stereocenters. The lowest BCUT2D eigenvalue weighted by molar-refractivity contribution is 0.274. The smallest absolute Gasteiger partial charge is 0.0701 e. The Labute approximate surface area is 121 Å². The van der Waals surface area contributed by atoms with Gasteiger partial charge in [0.25, 0.3) is 0 Å². The average molecular weight is 325 g/mol. The first-order valence-electron chi connectivity index (χ1n) is 5.98. The van der Waals surface area contributed by atoms with Crippen LogP contribution in [-0.4, -0.2) is 11.4 Å². The fourth-order valence-electron chi connectivity index (χ4n) is 1.82. The van der Waals surface area contributed by atoms with Gasteiger partial charge >= 0.3 is 0 Å². The molecule has 0 fully saturated rings. The first-order chi connectivity index (χ1) is 8.67. The number of benzene rings is 1. The van der Waals surface area contributed by atoms with Gasteiger partial charge in [-0.3, -0.25) is 4.90 Å². The van der Waals surface area contributed by atoms with Crippen molar-refractivity contribution in [3.05, 3.63) is 50.6 Å². The molecule has 1 heterocycles. The Morgan fingerprint density at radius 2 is 1.83 bits per heavy atom. The van der Waals surface area contributed by atoms with Crippen LogP contribution in [0.1, 0.15) is 17.4 Å². The van der Waals surface area contributed by atoms with Gasteiger partial charge in [0.15, 0.2) is 0 Å². The standard InChI is InChI=1S/C14H17BrN2S/c1-2-17(10-13-7-8-14(15)18-13)9-11-3-5-12(16)6-4-11/h3-8H,2,9-10,16H2,1H3. The Kier molecular flexibility index (Phi) is 4.80. The van der Waals surface area contributed by atoms with E-state index in [1.54, 1.807) is 11.3 Å². The number of halogens is 1. The highest BCUT2D eigenvalue weighted by atomic mass is 79.9. The third-order valence-corrected chi connectivity index (χ3v) is 4.45. The molecule has 0 bridgehead atoms. The predicted molar refractivity (Wildman–Crippen MR) is 82.7 cm³/mol. The number of thiophene rings is 1. The topological polar surface area (TPSA) is 29.3 Å². The fraction of sp³-hybridized carbons (Fsp3) is 0.286. The molecule has 0 saturated heterocycles. The maximum Gasteiger partial charge on any atom is 0.0701 e. The number of hydrogen-bond donors (Lipinski definition) is 1. The first-order valence-corrected chi connectivity index (χ1v) is 7.59. The fourth-order valence-corrected chi connectivity index (χ4v) is 3.34. The highest BCUT2D eigenvalue weighted by Crippen LogP contribution is 2.23. The number of hydrogen-bond acceptors (Lipinski definition) is 3. The van der Waals surface area contributed by atoms with Crippen LogP contribution in [0.2, 0.25) is 0 Å². The molecule has 96 valence electrons. The van der Waals surface area contributed by atoms with E-state index in [1.165, 1.54) is 14.2 Å². The second-order valence-corrected chi connectivity index (χ2v) is 6.80. The molecule has 2 N–H and O–H groups in total. The van der Waals surface area contributed by atoms with Crippen LogP contribution < -0.4 is 5.73 Å². The van der Waals surface area contributed by atoms with E-state index in [4.69, 9.17) is 5.73 Å². The van der Waals surface area contributed by atoms with E-state index in [0.717, 1.165) is 25.3 Å². The monoisotopic (exact) mass is 324 g/mol. The molecule has 18 heavy (non-hydrogen) atoms. The van der Waals surface area contributed by atoms with E-state index in [0.29, 0.717) is 0 Å². The molecule has 0 aliphatic rings. The number of nitrogens with two attached hydrogens (primary N) is 1. The van der Waals surface area contributed by atoms with Crippen LogP contribution in [0, 0.1) is 0 Å². The van der Waals surface area contributed by atoms with E-state index >= 15 is 0 Å². The number of nitrogen functional groups attached to an aromatic ring is 1. The van der Waals surface area contributed by atoms with Crippen LogP contribution in [0.25, 0.3) is 0 Å². The van der Waals surface area contributed by atoms with Gasteiger partial charge in [-0.15, -0.1) is 11.3 Å². The summed E-state index contributed by atoms with van der Waals surface area (Å²) in [7, 11) is 0. The summed E-state index contributed by atoms with van der Waals surface area (Å²) >= 11 is 5.30. The maximum absolute atomic E-state index is 5.70. The summed E-state index contributed by atoms with van der Waals surface area (Å²) < 4.78 is 1.20. The van der Waals surface area contributed by atoms with Gasteiger partial charge in [-0.05, 0) is 52.3 Å². The quantitative estimate of drug-likeness (QED) is 0.838. The van der Waals surface area contributed by atoms with Crippen molar-refractivity contribution in [2.45, 2.75) is 20.0 Å². The highest BCUT2D eigenvalue weighted by molar-refractivity contribution is 9.11. The van der Waals surface area contributed by atoms with Crippen LogP contribution >= 0.6 is 27.3 Å². The zero-order valence-corrected chi connectivity index (χ0v) is 12.8. The summed E-state index contributed by atoms with van der Waals surface area (Å²) in [6.07, 6.45) is 0. The molecule has 4 heteroatoms. The highest BCUT2D eigenvalue weighted by Gasteiger charge is 2.06. The Morgan fingerprint density at radius 1 is 1.11 bits per heavy atom. The Bertz CT molecular complexity index is 493. The van der Waals surface area contributed by atoms with Gasteiger partial charge in [-0.2, -0.15) is 0 Å². The van der Waals surface area contributed by atoms with Gasteiger partial charge < -0.3 is 5.73 Å². The van der Waals surface area contributed by atoms with Crippen molar-refractivity contribution in [3.8, 4) is 0 Å². The zero-order valence-electron chi connectivity index (χ0n) is 10.4. The van der Waals surface area contributed by atoms with Crippen LogP contribution in [0.4, 0.5) is 5.69 Å². The van der Waals surface area contributed by atoms with Gasteiger partial charge in [-0.25, -0.2) is 0 Å². The van der Waals surface area contributed by atoms with Crippen molar-refractivity contribution in [3.63, 3.8) is 0 Å². The van der Waals surface area contributed by atoms with Crippen molar-refractivity contribution in [2.75, 3.05) is 12.3 Å². The van der Waals surface area contributed by atoms with Crippen LogP contribution in [0.3, 0.4) is 0 Å². The van der Waals surface area contributed by atoms with Crippen LogP contribution in [-0.2, 0) is 13.1 Å². The second-order valence-electron chi connectivity index (χ2n) is 4.25. The van der Waals surface area contributed by atoms with E-state index in [1.807, 2.05) is 12.1 Å². The van der Waals surface area contributed by atoms with E-state index in [9.17, 15) is 0 Å². The Balaban J connectivity index is 1.99. The largest absolute Gasteiger partial charge is 0.399 e. The summed E-state index contributed by atoms with van der Waals surface area (Å²) in [5.41, 5.74) is 7.83. The average Bonchev–Trinajstić information content (AvgIpc) is 2.77. The molecule has 2 nitrogen and oxygen atoms in total. The molecule has 1 aromatic carbocycles. The molecule has 0 aliphatic carbocycles. The van der Waals surface area contributed by atoms with Crippen molar-refractivity contribution < 1.29 is 0 Å². The molecule has 2 aromatic rings. The predicted octanol–water partition coefficient (Wildman–Crippen LogP) is 4.11. The molecule has 1 aromatic heterocycles. The Hall–Kier alpha value is -0.840. The van der Waals surface area contributed by atoms with E-state index in [-0.39, 0.29) is 0 Å². The molecule has 0 aliphatic heterocycles. The summed E-state index contributed by atoms with van der Waals surface area (Å²) in [5, 5.41) is 0. The van der Waals surface area contributed by atoms with Gasteiger partial charge in [-0.1, -0.05) is 19.1 Å². The molecule has 2 rings (SSSR count). The lowest BCUT2D eigenvalue weighted by atomic mass is 10.2. The molecular formula is C14H17BrN2S. The maximum atomic E-state index is 5.70. The Morgan fingerprint density at radius 3 is 2.39 bits per heavy atom. The van der Waals surface area contributed by atoms with Gasteiger partial charge in [0, 0.05) is 23.7 Å². The van der Waals surface area contributed by atoms with Crippen LogP contribution in [0.15, 0.2) is 40.2 Å². The van der Waals surface area contributed by atoms with Crippen molar-refractivity contribution >= 4 is 33.0 Å². The minimum absolute atomic E-state index is 0.823.